The van der Waals surface area contributed by atoms with Crippen LogP contribution in [0.4, 0.5) is 0 Å². The summed E-state index contributed by atoms with van der Waals surface area (Å²) in [6.45, 7) is 5.51. The Kier molecular flexibility index (Phi) is 7.94. The number of nitrogens with one attached hydrogen (secondary N) is 1. The highest BCUT2D eigenvalue weighted by atomic mass is 32.2. The third-order valence-electron chi connectivity index (χ3n) is 2.87. The first kappa shape index (κ1) is 15.4. The first-order valence-electron chi connectivity index (χ1n) is 6.74. The summed E-state index contributed by atoms with van der Waals surface area (Å²) < 4.78 is 5.42. The highest BCUT2D eigenvalue weighted by Gasteiger charge is 2.11. The lowest BCUT2D eigenvalue weighted by molar-refractivity contribution is 0.406. The Balaban J connectivity index is 2.62. The second kappa shape index (κ2) is 9.29. The molecule has 0 spiro atoms. The van der Waals surface area contributed by atoms with Crippen LogP contribution in [0.25, 0.3) is 0 Å². The van der Waals surface area contributed by atoms with Gasteiger partial charge in [0.2, 0.25) is 0 Å². The number of para-hydroxylation sites is 1. The van der Waals surface area contributed by atoms with Crippen molar-refractivity contribution in [2.75, 3.05) is 25.2 Å². The Morgan fingerprint density at radius 1 is 1.28 bits per heavy atom. The molecule has 0 aliphatic heterocycles. The third kappa shape index (κ3) is 5.32. The molecule has 0 aromatic heterocycles. The lowest BCUT2D eigenvalue weighted by Crippen LogP contribution is -2.34. The van der Waals surface area contributed by atoms with Gasteiger partial charge < -0.3 is 10.1 Å². The first-order chi connectivity index (χ1) is 8.81. The maximum absolute atomic E-state index is 5.42. The second-order valence-electron chi connectivity index (χ2n) is 4.33. The monoisotopic (exact) mass is 267 g/mol. The number of ether oxygens (including phenoxy) is 1. The van der Waals surface area contributed by atoms with Gasteiger partial charge in [-0.1, -0.05) is 32.0 Å². The molecule has 1 aromatic rings. The zero-order valence-electron chi connectivity index (χ0n) is 11.7. The van der Waals surface area contributed by atoms with E-state index < -0.39 is 0 Å². The van der Waals surface area contributed by atoms with E-state index in [1.807, 2.05) is 23.9 Å². The van der Waals surface area contributed by atoms with Crippen molar-refractivity contribution in [1.29, 1.82) is 0 Å². The lowest BCUT2D eigenvalue weighted by Gasteiger charge is -2.19. The molecule has 0 aliphatic rings. The molecule has 0 saturated heterocycles. The molecule has 1 rings (SSSR count). The Labute approximate surface area is 116 Å². The van der Waals surface area contributed by atoms with E-state index in [1.54, 1.807) is 7.11 Å². The molecule has 0 amide bonds. The largest absolute Gasteiger partial charge is 0.496 e. The van der Waals surface area contributed by atoms with Crippen molar-refractivity contribution in [2.24, 2.45) is 0 Å². The molecule has 0 heterocycles. The fraction of sp³-hybridized carbons (Fsp3) is 0.600. The summed E-state index contributed by atoms with van der Waals surface area (Å²) >= 11 is 2.00. The highest BCUT2D eigenvalue weighted by Crippen LogP contribution is 2.20. The van der Waals surface area contributed by atoms with Crippen LogP contribution < -0.4 is 10.1 Å². The van der Waals surface area contributed by atoms with E-state index in [1.165, 1.54) is 17.7 Å². The quantitative estimate of drug-likeness (QED) is 0.741. The molecule has 1 atom stereocenters. The average molecular weight is 267 g/mol. The highest BCUT2D eigenvalue weighted by molar-refractivity contribution is 7.99. The van der Waals surface area contributed by atoms with Gasteiger partial charge in [-0.2, -0.15) is 11.8 Å². The third-order valence-corrected chi connectivity index (χ3v) is 3.91. The van der Waals surface area contributed by atoms with Gasteiger partial charge in [0.25, 0.3) is 0 Å². The topological polar surface area (TPSA) is 21.3 Å². The van der Waals surface area contributed by atoms with Crippen LogP contribution in [-0.2, 0) is 6.42 Å². The van der Waals surface area contributed by atoms with Crippen molar-refractivity contribution in [2.45, 2.75) is 32.7 Å². The predicted octanol–water partition coefficient (Wildman–Crippen LogP) is 3.36. The van der Waals surface area contributed by atoms with E-state index >= 15 is 0 Å². The number of rotatable bonds is 9. The van der Waals surface area contributed by atoms with Gasteiger partial charge >= 0.3 is 0 Å². The van der Waals surface area contributed by atoms with E-state index in [0.29, 0.717) is 6.04 Å². The molecule has 3 heteroatoms. The van der Waals surface area contributed by atoms with Crippen LogP contribution in [0.3, 0.4) is 0 Å². The van der Waals surface area contributed by atoms with Crippen molar-refractivity contribution in [3.63, 3.8) is 0 Å². The number of hydrogen-bond donors (Lipinski definition) is 1. The Morgan fingerprint density at radius 3 is 2.72 bits per heavy atom. The molecule has 1 unspecified atom stereocenters. The number of hydrogen-bond acceptors (Lipinski definition) is 3. The summed E-state index contributed by atoms with van der Waals surface area (Å²) in [6, 6.07) is 8.85. The molecule has 102 valence electrons. The molecule has 1 aromatic carbocycles. The predicted molar refractivity (Wildman–Crippen MR) is 81.8 cm³/mol. The second-order valence-corrected chi connectivity index (χ2v) is 5.65. The van der Waals surface area contributed by atoms with Crippen molar-refractivity contribution in [1.82, 2.24) is 5.32 Å². The van der Waals surface area contributed by atoms with Crippen molar-refractivity contribution in [3.8, 4) is 5.75 Å². The summed E-state index contributed by atoms with van der Waals surface area (Å²) in [7, 11) is 1.74. The van der Waals surface area contributed by atoms with E-state index in [2.05, 4.69) is 31.3 Å². The van der Waals surface area contributed by atoms with Gasteiger partial charge in [0.05, 0.1) is 7.11 Å². The van der Waals surface area contributed by atoms with Crippen LogP contribution in [0.2, 0.25) is 0 Å². The number of methoxy groups -OCH3 is 1. The molecule has 0 radical (unpaired) electrons. The van der Waals surface area contributed by atoms with Gasteiger partial charge in [0.15, 0.2) is 0 Å². The van der Waals surface area contributed by atoms with Crippen LogP contribution >= 0.6 is 11.8 Å². The summed E-state index contributed by atoms with van der Waals surface area (Å²) in [5.74, 6) is 3.34. The Morgan fingerprint density at radius 2 is 2.06 bits per heavy atom. The summed E-state index contributed by atoms with van der Waals surface area (Å²) in [4.78, 5) is 0. The van der Waals surface area contributed by atoms with Crippen molar-refractivity contribution in [3.05, 3.63) is 29.8 Å². The SMILES string of the molecule is CCCNC(CSCC)Cc1ccccc1OC. The van der Waals surface area contributed by atoms with Crippen molar-refractivity contribution < 1.29 is 4.74 Å². The Bertz CT molecular complexity index is 322. The van der Waals surface area contributed by atoms with Crippen LogP contribution in [-0.4, -0.2) is 31.2 Å². The zero-order chi connectivity index (χ0) is 13.2. The molecule has 0 bridgehead atoms. The normalized spacial score (nSPS) is 12.4. The smallest absolute Gasteiger partial charge is 0.122 e. The molecule has 1 N–H and O–H groups in total. The van der Waals surface area contributed by atoms with Gasteiger partial charge in [-0.3, -0.25) is 0 Å². The number of thioether (sulfide) groups is 1. The van der Waals surface area contributed by atoms with Gasteiger partial charge in [-0.05, 0) is 36.8 Å². The molecule has 0 fully saturated rings. The maximum Gasteiger partial charge on any atom is 0.122 e. The minimum absolute atomic E-state index is 0.534. The van der Waals surface area contributed by atoms with Crippen molar-refractivity contribution >= 4 is 11.8 Å². The molecule has 2 nitrogen and oxygen atoms in total. The summed E-state index contributed by atoms with van der Waals surface area (Å²) in [5, 5.41) is 3.63. The first-order valence-corrected chi connectivity index (χ1v) is 7.90. The van der Waals surface area contributed by atoms with Gasteiger partial charge in [0, 0.05) is 11.8 Å². The summed E-state index contributed by atoms with van der Waals surface area (Å²) in [5.41, 5.74) is 1.30. The molecule has 0 aliphatic carbocycles. The molecule has 0 saturated carbocycles. The van der Waals surface area contributed by atoms with Gasteiger partial charge in [-0.25, -0.2) is 0 Å². The fourth-order valence-electron chi connectivity index (χ4n) is 1.94. The van der Waals surface area contributed by atoms with E-state index in [0.717, 1.165) is 24.5 Å². The van der Waals surface area contributed by atoms with Crippen LogP contribution in [0, 0.1) is 0 Å². The van der Waals surface area contributed by atoms with E-state index in [4.69, 9.17) is 4.74 Å². The standard InChI is InChI=1S/C15H25NOS/c1-4-10-16-14(12-18-5-2)11-13-8-6-7-9-15(13)17-3/h6-9,14,16H,4-5,10-12H2,1-3H3. The zero-order valence-corrected chi connectivity index (χ0v) is 12.6. The minimum atomic E-state index is 0.534. The van der Waals surface area contributed by atoms with Crippen LogP contribution in [0.1, 0.15) is 25.8 Å². The van der Waals surface area contributed by atoms with E-state index in [-0.39, 0.29) is 0 Å². The van der Waals surface area contributed by atoms with E-state index in [9.17, 15) is 0 Å². The minimum Gasteiger partial charge on any atom is -0.496 e. The van der Waals surface area contributed by atoms with Gasteiger partial charge in [-0.15, -0.1) is 0 Å². The lowest BCUT2D eigenvalue weighted by atomic mass is 10.1. The molecular formula is C15H25NOS. The van der Waals surface area contributed by atoms with Crippen LogP contribution in [0.5, 0.6) is 5.75 Å². The fourth-order valence-corrected chi connectivity index (χ4v) is 2.69. The van der Waals surface area contributed by atoms with Crippen LogP contribution in [0.15, 0.2) is 24.3 Å². The number of benzene rings is 1. The Hall–Kier alpha value is -0.670. The van der Waals surface area contributed by atoms with Gasteiger partial charge in [0.1, 0.15) is 5.75 Å². The maximum atomic E-state index is 5.42. The molecular weight excluding hydrogens is 242 g/mol. The average Bonchev–Trinajstić information content (AvgIpc) is 2.42. The summed E-state index contributed by atoms with van der Waals surface area (Å²) in [6.07, 6.45) is 2.22. The molecule has 18 heavy (non-hydrogen) atoms.